The van der Waals surface area contributed by atoms with E-state index in [1.54, 1.807) is 6.07 Å². The SMILES string of the molecule is Cc1cccc(OCCN(C)S(=O)(=O)c2cc(F)ccc2F)c1. The van der Waals surface area contributed by atoms with Gasteiger partial charge in [0.25, 0.3) is 0 Å². The Bertz CT molecular complexity index is 794. The molecule has 0 N–H and O–H groups in total. The molecule has 0 aliphatic carbocycles. The van der Waals surface area contributed by atoms with Gasteiger partial charge in [0.15, 0.2) is 0 Å². The highest BCUT2D eigenvalue weighted by Gasteiger charge is 2.25. The van der Waals surface area contributed by atoms with Crippen molar-refractivity contribution in [3.05, 3.63) is 59.7 Å². The number of aryl methyl sites for hydroxylation is 1. The first-order chi connectivity index (χ1) is 10.8. The minimum atomic E-state index is -4.12. The molecule has 4 nitrogen and oxygen atoms in total. The molecular formula is C16H17F2NO3S. The fourth-order valence-electron chi connectivity index (χ4n) is 1.96. The summed E-state index contributed by atoms with van der Waals surface area (Å²) < 4.78 is 57.8. The maximum atomic E-state index is 13.7. The second kappa shape index (κ2) is 7.06. The lowest BCUT2D eigenvalue weighted by Crippen LogP contribution is -2.31. The largest absolute Gasteiger partial charge is 0.492 e. The topological polar surface area (TPSA) is 46.6 Å². The van der Waals surface area contributed by atoms with Gasteiger partial charge in [0.05, 0.1) is 0 Å². The Kier molecular flexibility index (Phi) is 5.33. The molecule has 0 heterocycles. The molecule has 2 aromatic carbocycles. The summed E-state index contributed by atoms with van der Waals surface area (Å²) in [6, 6.07) is 9.65. The average molecular weight is 341 g/mol. The molecule has 0 saturated heterocycles. The molecule has 0 radical (unpaired) electrons. The molecule has 2 rings (SSSR count). The third kappa shape index (κ3) is 4.27. The second-order valence-corrected chi connectivity index (χ2v) is 7.08. The first kappa shape index (κ1) is 17.4. The monoisotopic (exact) mass is 341 g/mol. The number of sulfonamides is 1. The van der Waals surface area contributed by atoms with Gasteiger partial charge in [-0.05, 0) is 42.8 Å². The van der Waals surface area contributed by atoms with E-state index in [-0.39, 0.29) is 13.2 Å². The highest BCUT2D eigenvalue weighted by atomic mass is 32.2. The fourth-order valence-corrected chi connectivity index (χ4v) is 3.19. The lowest BCUT2D eigenvalue weighted by Gasteiger charge is -2.18. The molecule has 0 unspecified atom stereocenters. The van der Waals surface area contributed by atoms with Gasteiger partial charge in [-0.2, -0.15) is 4.31 Å². The minimum absolute atomic E-state index is 0.00618. The maximum absolute atomic E-state index is 13.7. The van der Waals surface area contributed by atoms with Crippen LogP contribution in [-0.4, -0.2) is 32.9 Å². The zero-order valence-electron chi connectivity index (χ0n) is 12.8. The molecule has 0 saturated carbocycles. The molecule has 124 valence electrons. The summed E-state index contributed by atoms with van der Waals surface area (Å²) in [5.74, 6) is -1.18. The van der Waals surface area contributed by atoms with Gasteiger partial charge in [-0.25, -0.2) is 17.2 Å². The number of likely N-dealkylation sites (N-methyl/N-ethyl adjacent to an activating group) is 1. The van der Waals surface area contributed by atoms with Crippen LogP contribution in [0, 0.1) is 18.6 Å². The van der Waals surface area contributed by atoms with Gasteiger partial charge in [0.1, 0.15) is 28.9 Å². The Morgan fingerprint density at radius 3 is 2.57 bits per heavy atom. The third-order valence-electron chi connectivity index (χ3n) is 3.25. The molecule has 0 aliphatic rings. The number of nitrogens with zero attached hydrogens (tertiary/aromatic N) is 1. The highest BCUT2D eigenvalue weighted by molar-refractivity contribution is 7.89. The lowest BCUT2D eigenvalue weighted by atomic mass is 10.2. The molecule has 0 spiro atoms. The van der Waals surface area contributed by atoms with E-state index >= 15 is 0 Å². The van der Waals surface area contributed by atoms with Crippen LogP contribution < -0.4 is 4.74 Å². The van der Waals surface area contributed by atoms with Crippen LogP contribution in [-0.2, 0) is 10.0 Å². The highest BCUT2D eigenvalue weighted by Crippen LogP contribution is 2.19. The molecule has 0 amide bonds. The molecule has 0 aromatic heterocycles. The van der Waals surface area contributed by atoms with Gasteiger partial charge in [-0.15, -0.1) is 0 Å². The van der Waals surface area contributed by atoms with Crippen LogP contribution >= 0.6 is 0 Å². The van der Waals surface area contributed by atoms with Crippen molar-refractivity contribution < 1.29 is 21.9 Å². The zero-order valence-corrected chi connectivity index (χ0v) is 13.6. The van der Waals surface area contributed by atoms with Crippen molar-refractivity contribution in [3.8, 4) is 5.75 Å². The van der Waals surface area contributed by atoms with Gasteiger partial charge < -0.3 is 4.74 Å². The standard InChI is InChI=1S/C16H17F2NO3S/c1-12-4-3-5-14(10-12)22-9-8-19(2)23(20,21)16-11-13(17)6-7-15(16)18/h3-7,10-11H,8-9H2,1-2H3. The second-order valence-electron chi connectivity index (χ2n) is 5.07. The summed E-state index contributed by atoms with van der Waals surface area (Å²) in [6.45, 7) is 2.01. The first-order valence-electron chi connectivity index (χ1n) is 6.91. The van der Waals surface area contributed by atoms with Crippen molar-refractivity contribution in [2.24, 2.45) is 0 Å². The molecular weight excluding hydrogens is 324 g/mol. The number of hydrogen-bond acceptors (Lipinski definition) is 3. The van der Waals surface area contributed by atoms with Crippen molar-refractivity contribution in [3.63, 3.8) is 0 Å². The van der Waals surface area contributed by atoms with E-state index in [2.05, 4.69) is 0 Å². The molecule has 7 heteroatoms. The van der Waals surface area contributed by atoms with E-state index in [1.807, 2.05) is 25.1 Å². The summed E-state index contributed by atoms with van der Waals surface area (Å²) in [4.78, 5) is -0.685. The van der Waals surface area contributed by atoms with Gasteiger partial charge in [0.2, 0.25) is 10.0 Å². The van der Waals surface area contributed by atoms with E-state index in [4.69, 9.17) is 4.74 Å². The third-order valence-corrected chi connectivity index (χ3v) is 5.12. The number of benzene rings is 2. The van der Waals surface area contributed by atoms with Gasteiger partial charge in [0, 0.05) is 13.6 Å². The number of hydrogen-bond donors (Lipinski definition) is 0. The molecule has 0 atom stereocenters. The Morgan fingerprint density at radius 1 is 1.13 bits per heavy atom. The maximum Gasteiger partial charge on any atom is 0.245 e. The Balaban J connectivity index is 2.04. The van der Waals surface area contributed by atoms with Gasteiger partial charge >= 0.3 is 0 Å². The summed E-state index contributed by atoms with van der Waals surface area (Å²) in [5, 5.41) is 0. The smallest absolute Gasteiger partial charge is 0.245 e. The average Bonchev–Trinajstić information content (AvgIpc) is 2.49. The van der Waals surface area contributed by atoms with Crippen LogP contribution in [0.25, 0.3) is 0 Å². The summed E-state index contributed by atoms with van der Waals surface area (Å²) in [6.07, 6.45) is 0. The molecule has 2 aromatic rings. The molecule has 0 fully saturated rings. The Morgan fingerprint density at radius 2 is 1.87 bits per heavy atom. The summed E-state index contributed by atoms with van der Waals surface area (Å²) in [7, 11) is -2.83. The van der Waals surface area contributed by atoms with Gasteiger partial charge in [-0.3, -0.25) is 0 Å². The van der Waals surface area contributed by atoms with E-state index in [0.717, 1.165) is 22.0 Å². The minimum Gasteiger partial charge on any atom is -0.492 e. The lowest BCUT2D eigenvalue weighted by molar-refractivity contribution is 0.286. The van der Waals surface area contributed by atoms with Crippen LogP contribution in [0.4, 0.5) is 8.78 Å². The van der Waals surface area contributed by atoms with Crippen LogP contribution in [0.5, 0.6) is 5.75 Å². The Labute approximate surface area is 134 Å². The van der Waals surface area contributed by atoms with Crippen LogP contribution in [0.1, 0.15) is 5.56 Å². The van der Waals surface area contributed by atoms with E-state index in [1.165, 1.54) is 7.05 Å². The van der Waals surface area contributed by atoms with E-state index in [0.29, 0.717) is 11.8 Å². The molecule has 0 bridgehead atoms. The summed E-state index contributed by atoms with van der Waals surface area (Å²) in [5.41, 5.74) is 1.02. The zero-order chi connectivity index (χ0) is 17.0. The van der Waals surface area contributed by atoms with E-state index in [9.17, 15) is 17.2 Å². The number of rotatable bonds is 6. The fraction of sp³-hybridized carbons (Fsp3) is 0.250. The first-order valence-corrected chi connectivity index (χ1v) is 8.35. The van der Waals surface area contributed by atoms with Crippen LogP contribution in [0.3, 0.4) is 0 Å². The number of ether oxygens (including phenoxy) is 1. The molecule has 23 heavy (non-hydrogen) atoms. The van der Waals surface area contributed by atoms with Crippen LogP contribution in [0.15, 0.2) is 47.4 Å². The Hall–Kier alpha value is -1.99. The normalized spacial score (nSPS) is 11.7. The quantitative estimate of drug-likeness (QED) is 0.811. The predicted octanol–water partition coefficient (Wildman–Crippen LogP) is 2.97. The van der Waals surface area contributed by atoms with Gasteiger partial charge in [-0.1, -0.05) is 12.1 Å². The van der Waals surface area contributed by atoms with Crippen molar-refractivity contribution in [1.29, 1.82) is 0 Å². The summed E-state index contributed by atoms with van der Waals surface area (Å²) >= 11 is 0. The van der Waals surface area contributed by atoms with Crippen LogP contribution in [0.2, 0.25) is 0 Å². The number of halogens is 2. The van der Waals surface area contributed by atoms with Crippen molar-refractivity contribution in [2.75, 3.05) is 20.2 Å². The molecule has 0 aliphatic heterocycles. The predicted molar refractivity (Wildman–Crippen MR) is 82.8 cm³/mol. The van der Waals surface area contributed by atoms with Crippen molar-refractivity contribution in [1.82, 2.24) is 4.31 Å². The van der Waals surface area contributed by atoms with Crippen molar-refractivity contribution in [2.45, 2.75) is 11.8 Å². The van der Waals surface area contributed by atoms with E-state index < -0.39 is 26.6 Å². The van der Waals surface area contributed by atoms with Crippen molar-refractivity contribution >= 4 is 10.0 Å².